The van der Waals surface area contributed by atoms with E-state index in [1.165, 1.54) is 43.3 Å². The smallest absolute Gasteiger partial charge is 0.339 e. The second-order valence-corrected chi connectivity index (χ2v) is 6.99. The molecule has 0 saturated carbocycles. The Bertz CT molecular complexity index is 849. The minimum Gasteiger partial charge on any atom is -0.397 e. The highest BCUT2D eigenvalue weighted by atomic mass is 35.5. The van der Waals surface area contributed by atoms with Gasteiger partial charge in [-0.15, -0.1) is 0 Å². The number of nitrogen functional groups attached to an aromatic ring is 1. The molecule has 0 aliphatic heterocycles. The number of hydrogen-bond acceptors (Lipinski definition) is 5. The SMILES string of the molecule is CC(=O)Nc1ccc(S(=O)(=O)Oc2cc(Cl)cc(Cl)c2)cc1N. The topological polar surface area (TPSA) is 98.5 Å². The molecule has 0 aliphatic carbocycles. The van der Waals surface area contributed by atoms with E-state index in [0.717, 1.165) is 0 Å². The molecule has 0 aromatic heterocycles. The third kappa shape index (κ3) is 4.51. The van der Waals surface area contributed by atoms with E-state index in [2.05, 4.69) is 5.32 Å². The average molecular weight is 375 g/mol. The predicted molar refractivity (Wildman–Crippen MR) is 89.4 cm³/mol. The molecule has 0 aliphatic rings. The zero-order valence-corrected chi connectivity index (χ0v) is 14.2. The van der Waals surface area contributed by atoms with Gasteiger partial charge in [-0.1, -0.05) is 23.2 Å². The van der Waals surface area contributed by atoms with Crippen molar-refractivity contribution in [1.29, 1.82) is 0 Å². The lowest BCUT2D eigenvalue weighted by molar-refractivity contribution is -0.114. The van der Waals surface area contributed by atoms with E-state index < -0.39 is 10.1 Å². The number of amides is 1. The Morgan fingerprint density at radius 1 is 1.13 bits per heavy atom. The summed E-state index contributed by atoms with van der Waals surface area (Å²) in [5.41, 5.74) is 6.13. The van der Waals surface area contributed by atoms with Gasteiger partial charge in [0.05, 0.1) is 11.4 Å². The number of nitrogens with two attached hydrogens (primary N) is 1. The van der Waals surface area contributed by atoms with Gasteiger partial charge in [0.25, 0.3) is 0 Å². The Morgan fingerprint density at radius 3 is 2.26 bits per heavy atom. The lowest BCUT2D eigenvalue weighted by Gasteiger charge is -2.10. The molecule has 0 spiro atoms. The second-order valence-electron chi connectivity index (χ2n) is 4.57. The number of carbonyl (C=O) groups excluding carboxylic acids is 1. The van der Waals surface area contributed by atoms with Crippen LogP contribution in [0.2, 0.25) is 10.0 Å². The van der Waals surface area contributed by atoms with Gasteiger partial charge in [0.15, 0.2) is 0 Å². The molecule has 0 radical (unpaired) electrons. The van der Waals surface area contributed by atoms with Crippen molar-refractivity contribution in [3.63, 3.8) is 0 Å². The molecular weight excluding hydrogens is 363 g/mol. The normalized spacial score (nSPS) is 11.1. The van der Waals surface area contributed by atoms with Crippen LogP contribution in [-0.2, 0) is 14.9 Å². The third-order valence-electron chi connectivity index (χ3n) is 2.66. The summed E-state index contributed by atoms with van der Waals surface area (Å²) < 4.78 is 29.5. The molecule has 23 heavy (non-hydrogen) atoms. The van der Waals surface area contributed by atoms with Crippen LogP contribution in [0.25, 0.3) is 0 Å². The summed E-state index contributed by atoms with van der Waals surface area (Å²) in [6.07, 6.45) is 0. The van der Waals surface area contributed by atoms with Crippen LogP contribution in [-0.4, -0.2) is 14.3 Å². The standard InChI is InChI=1S/C14H12Cl2N2O4S/c1-8(19)18-14-3-2-12(7-13(14)17)23(20,21)22-11-5-9(15)4-10(16)6-11/h2-7H,17H2,1H3,(H,18,19). The Hall–Kier alpha value is -1.96. The molecule has 2 rings (SSSR count). The van der Waals surface area contributed by atoms with E-state index in [4.69, 9.17) is 33.1 Å². The summed E-state index contributed by atoms with van der Waals surface area (Å²) in [5, 5.41) is 2.96. The molecule has 0 saturated heterocycles. The molecule has 1 amide bonds. The van der Waals surface area contributed by atoms with Crippen LogP contribution in [0.1, 0.15) is 6.92 Å². The van der Waals surface area contributed by atoms with Gasteiger partial charge in [-0.3, -0.25) is 4.79 Å². The quantitative estimate of drug-likeness (QED) is 0.631. The minimum absolute atomic E-state index is 0.0213. The lowest BCUT2D eigenvalue weighted by Crippen LogP contribution is -2.12. The highest BCUT2D eigenvalue weighted by Crippen LogP contribution is 2.28. The van der Waals surface area contributed by atoms with Crippen LogP contribution >= 0.6 is 23.2 Å². The zero-order chi connectivity index (χ0) is 17.2. The highest BCUT2D eigenvalue weighted by molar-refractivity contribution is 7.87. The maximum absolute atomic E-state index is 12.3. The van der Waals surface area contributed by atoms with E-state index in [-0.39, 0.29) is 32.3 Å². The van der Waals surface area contributed by atoms with E-state index >= 15 is 0 Å². The fourth-order valence-electron chi connectivity index (χ4n) is 1.75. The first-order chi connectivity index (χ1) is 10.7. The van der Waals surface area contributed by atoms with Gasteiger partial charge in [-0.25, -0.2) is 0 Å². The van der Waals surface area contributed by atoms with Gasteiger partial charge in [0.1, 0.15) is 10.6 Å². The van der Waals surface area contributed by atoms with Crippen molar-refractivity contribution in [2.45, 2.75) is 11.8 Å². The third-order valence-corrected chi connectivity index (χ3v) is 4.34. The maximum atomic E-state index is 12.3. The summed E-state index contributed by atoms with van der Waals surface area (Å²) in [6, 6.07) is 7.91. The van der Waals surface area contributed by atoms with Crippen LogP contribution in [0.5, 0.6) is 5.75 Å². The Balaban J connectivity index is 2.32. The summed E-state index contributed by atoms with van der Waals surface area (Å²) in [6.45, 7) is 1.32. The molecule has 122 valence electrons. The minimum atomic E-state index is -4.12. The summed E-state index contributed by atoms with van der Waals surface area (Å²) in [7, 11) is -4.12. The number of carbonyl (C=O) groups is 1. The first-order valence-corrected chi connectivity index (χ1v) is 8.41. The first kappa shape index (κ1) is 17.4. The summed E-state index contributed by atoms with van der Waals surface area (Å²) in [4.78, 5) is 10.9. The maximum Gasteiger partial charge on any atom is 0.339 e. The van der Waals surface area contributed by atoms with Gasteiger partial charge in [-0.2, -0.15) is 8.42 Å². The Morgan fingerprint density at radius 2 is 1.74 bits per heavy atom. The Labute approximate surface area is 143 Å². The van der Waals surface area contributed by atoms with Crippen molar-refractivity contribution < 1.29 is 17.4 Å². The largest absolute Gasteiger partial charge is 0.397 e. The number of anilines is 2. The van der Waals surface area contributed by atoms with Crippen LogP contribution in [0.3, 0.4) is 0 Å². The number of hydrogen-bond donors (Lipinski definition) is 2. The van der Waals surface area contributed by atoms with Gasteiger partial charge in [0, 0.05) is 29.1 Å². The fraction of sp³-hybridized carbons (Fsp3) is 0.0714. The number of halogens is 2. The molecule has 0 unspecified atom stereocenters. The molecule has 9 heteroatoms. The zero-order valence-electron chi connectivity index (χ0n) is 11.8. The summed E-state index contributed by atoms with van der Waals surface area (Å²) >= 11 is 11.6. The van der Waals surface area contributed by atoms with Gasteiger partial charge < -0.3 is 15.2 Å². The molecule has 0 fully saturated rings. The number of nitrogens with one attached hydrogen (secondary N) is 1. The van der Waals surface area contributed by atoms with Gasteiger partial charge in [-0.05, 0) is 24.3 Å². The van der Waals surface area contributed by atoms with E-state index in [9.17, 15) is 13.2 Å². The average Bonchev–Trinajstić information content (AvgIpc) is 2.38. The van der Waals surface area contributed by atoms with E-state index in [0.29, 0.717) is 5.69 Å². The predicted octanol–water partition coefficient (Wildman–Crippen LogP) is 3.30. The lowest BCUT2D eigenvalue weighted by atomic mass is 10.2. The number of rotatable bonds is 4. The molecule has 6 nitrogen and oxygen atoms in total. The number of benzene rings is 2. The molecule has 2 aromatic carbocycles. The summed E-state index contributed by atoms with van der Waals surface area (Å²) in [5.74, 6) is -0.343. The van der Waals surface area contributed by atoms with Crippen molar-refractivity contribution in [1.82, 2.24) is 0 Å². The Kier molecular flexibility index (Phi) is 5.03. The van der Waals surface area contributed by atoms with Crippen molar-refractivity contribution in [3.8, 4) is 5.75 Å². The monoisotopic (exact) mass is 374 g/mol. The van der Waals surface area contributed by atoms with E-state index in [1.54, 1.807) is 0 Å². The van der Waals surface area contributed by atoms with Gasteiger partial charge in [0.2, 0.25) is 5.91 Å². The molecular formula is C14H12Cl2N2O4S. The van der Waals surface area contributed by atoms with Crippen molar-refractivity contribution in [2.24, 2.45) is 0 Å². The van der Waals surface area contributed by atoms with Crippen LogP contribution in [0, 0.1) is 0 Å². The van der Waals surface area contributed by atoms with Crippen molar-refractivity contribution in [2.75, 3.05) is 11.1 Å². The van der Waals surface area contributed by atoms with E-state index in [1.807, 2.05) is 0 Å². The molecule has 3 N–H and O–H groups in total. The molecule has 0 atom stereocenters. The molecule has 0 bridgehead atoms. The second kappa shape index (κ2) is 6.66. The highest BCUT2D eigenvalue weighted by Gasteiger charge is 2.19. The van der Waals surface area contributed by atoms with Gasteiger partial charge >= 0.3 is 10.1 Å². The molecule has 0 heterocycles. The van der Waals surface area contributed by atoms with Crippen LogP contribution in [0.4, 0.5) is 11.4 Å². The van der Waals surface area contributed by atoms with Crippen LogP contribution in [0.15, 0.2) is 41.3 Å². The van der Waals surface area contributed by atoms with Crippen LogP contribution < -0.4 is 15.2 Å². The molecule has 2 aromatic rings. The van der Waals surface area contributed by atoms with Crippen molar-refractivity contribution in [3.05, 3.63) is 46.4 Å². The first-order valence-electron chi connectivity index (χ1n) is 6.25. The van der Waals surface area contributed by atoms with Crippen molar-refractivity contribution >= 4 is 50.6 Å². The fourth-order valence-corrected chi connectivity index (χ4v) is 3.21.